The quantitative estimate of drug-likeness (QED) is 0.189. The third-order valence-corrected chi connectivity index (χ3v) is 7.38. The van der Waals surface area contributed by atoms with Crippen LogP contribution >= 0.6 is 0 Å². The van der Waals surface area contributed by atoms with Crippen molar-refractivity contribution in [3.05, 3.63) is 71.6 Å². The molecule has 44 heavy (non-hydrogen) atoms. The molecule has 0 aliphatic carbocycles. The number of aromatic nitrogens is 2. The van der Waals surface area contributed by atoms with E-state index in [4.69, 9.17) is 37.8 Å². The molecular formula is C33H37N3O8. The number of nitrogens with zero attached hydrogens (tertiary/aromatic N) is 3. The average molecular weight is 604 g/mol. The molecule has 0 saturated carbocycles. The number of esters is 1. The fraction of sp³-hybridized carbons (Fsp3) is 0.364. The molecule has 0 radical (unpaired) electrons. The van der Waals surface area contributed by atoms with Crippen molar-refractivity contribution in [2.45, 2.75) is 45.6 Å². The Kier molecular flexibility index (Phi) is 9.54. The van der Waals surface area contributed by atoms with Crippen LogP contribution in [-0.2, 0) is 27.4 Å². The maximum Gasteiger partial charge on any atom is 0.335 e. The zero-order valence-electron chi connectivity index (χ0n) is 25.8. The highest BCUT2D eigenvalue weighted by atomic mass is 16.6. The second kappa shape index (κ2) is 13.7. The van der Waals surface area contributed by atoms with Gasteiger partial charge in [0.2, 0.25) is 0 Å². The monoisotopic (exact) mass is 603 g/mol. The molecule has 0 saturated heterocycles. The van der Waals surface area contributed by atoms with Crippen molar-refractivity contribution in [3.8, 4) is 23.0 Å². The molecule has 2 aromatic carbocycles. The van der Waals surface area contributed by atoms with E-state index in [-0.39, 0.29) is 12.7 Å². The zero-order valence-corrected chi connectivity index (χ0v) is 25.8. The standard InChI is InChI=1S/C33H37N3O8/c1-7-42-32(37)30-13-23(12-20(2)43-30)26-16-34-17-27-31(26)44-33(35-27)36(18-21-8-10-24(38-3)14-28(21)40-5)19-22-9-11-25(39-4)15-29(22)41-6/h8-12,14-17,20,30H,7,13,18-19H2,1-6H3/t20-,30?/m0/s1. The first-order chi connectivity index (χ1) is 21.4. The molecule has 4 aromatic rings. The average Bonchev–Trinajstić information content (AvgIpc) is 3.49. The Labute approximate surface area is 256 Å². The van der Waals surface area contributed by atoms with Gasteiger partial charge < -0.3 is 37.7 Å². The van der Waals surface area contributed by atoms with Gasteiger partial charge in [0.25, 0.3) is 6.01 Å². The summed E-state index contributed by atoms with van der Waals surface area (Å²) in [6.45, 7) is 4.74. The molecule has 2 aromatic heterocycles. The van der Waals surface area contributed by atoms with E-state index in [0.29, 0.717) is 59.6 Å². The van der Waals surface area contributed by atoms with Crippen molar-refractivity contribution in [2.75, 3.05) is 39.9 Å². The Morgan fingerprint density at radius 1 is 0.932 bits per heavy atom. The highest BCUT2D eigenvalue weighted by Crippen LogP contribution is 2.36. The molecule has 1 unspecified atom stereocenters. The van der Waals surface area contributed by atoms with E-state index in [1.54, 1.807) is 47.8 Å². The van der Waals surface area contributed by atoms with Crippen molar-refractivity contribution in [2.24, 2.45) is 0 Å². The van der Waals surface area contributed by atoms with Crippen molar-refractivity contribution in [1.82, 2.24) is 9.97 Å². The van der Waals surface area contributed by atoms with Gasteiger partial charge >= 0.3 is 5.97 Å². The van der Waals surface area contributed by atoms with Crippen molar-refractivity contribution >= 4 is 28.7 Å². The smallest absolute Gasteiger partial charge is 0.335 e. The number of pyridine rings is 1. The zero-order chi connectivity index (χ0) is 31.2. The Balaban J connectivity index is 1.56. The maximum atomic E-state index is 12.5. The fourth-order valence-corrected chi connectivity index (χ4v) is 5.24. The normalized spacial score (nSPS) is 16.3. The van der Waals surface area contributed by atoms with E-state index in [1.165, 1.54) is 0 Å². The van der Waals surface area contributed by atoms with E-state index < -0.39 is 12.1 Å². The lowest BCUT2D eigenvalue weighted by molar-refractivity contribution is -0.158. The number of benzene rings is 2. The molecule has 5 rings (SSSR count). The van der Waals surface area contributed by atoms with Crippen LogP contribution in [0.4, 0.5) is 6.01 Å². The van der Waals surface area contributed by atoms with Gasteiger partial charge in [-0.2, -0.15) is 4.98 Å². The molecule has 2 atom stereocenters. The molecule has 232 valence electrons. The van der Waals surface area contributed by atoms with Gasteiger partial charge in [-0.05, 0) is 43.7 Å². The van der Waals surface area contributed by atoms with Crippen LogP contribution in [0, 0.1) is 0 Å². The molecule has 11 nitrogen and oxygen atoms in total. The molecule has 0 spiro atoms. The van der Waals surface area contributed by atoms with Gasteiger partial charge in [0.05, 0.1) is 60.4 Å². The second-order valence-electron chi connectivity index (χ2n) is 10.2. The molecule has 0 N–H and O–H groups in total. The van der Waals surface area contributed by atoms with Gasteiger partial charge in [-0.25, -0.2) is 4.79 Å². The van der Waals surface area contributed by atoms with Crippen LogP contribution in [0.15, 0.2) is 59.3 Å². The first-order valence-corrected chi connectivity index (χ1v) is 14.3. The number of oxazole rings is 1. The SMILES string of the molecule is CCOC(=O)C1CC(c2cncc3nc(N(Cc4ccc(OC)cc4OC)Cc4ccc(OC)cc4OC)oc23)=C[C@H](C)O1. The lowest BCUT2D eigenvalue weighted by Crippen LogP contribution is -2.32. The van der Waals surface area contributed by atoms with Crippen molar-refractivity contribution in [1.29, 1.82) is 0 Å². The molecular weight excluding hydrogens is 566 g/mol. The minimum absolute atomic E-state index is 0.280. The van der Waals surface area contributed by atoms with Crippen LogP contribution in [0.3, 0.4) is 0 Å². The number of hydrogen-bond acceptors (Lipinski definition) is 11. The predicted octanol–water partition coefficient (Wildman–Crippen LogP) is 5.59. The van der Waals surface area contributed by atoms with Crippen LogP contribution in [-0.4, -0.2) is 63.2 Å². The minimum Gasteiger partial charge on any atom is -0.497 e. The largest absolute Gasteiger partial charge is 0.497 e. The number of ether oxygens (including phenoxy) is 6. The first kappa shape index (κ1) is 30.7. The molecule has 0 amide bonds. The number of fused-ring (bicyclic) bond motifs is 1. The van der Waals surface area contributed by atoms with Crippen molar-refractivity contribution in [3.63, 3.8) is 0 Å². The van der Waals surface area contributed by atoms with E-state index in [0.717, 1.165) is 22.3 Å². The Bertz CT molecular complexity index is 1590. The number of carbonyl (C=O) groups is 1. The number of rotatable bonds is 12. The summed E-state index contributed by atoms with van der Waals surface area (Å²) in [4.78, 5) is 23.8. The van der Waals surface area contributed by atoms with Gasteiger partial charge in [0, 0.05) is 41.4 Å². The molecule has 11 heteroatoms. The first-order valence-electron chi connectivity index (χ1n) is 14.3. The minimum atomic E-state index is -0.718. The molecule has 1 aliphatic heterocycles. The summed E-state index contributed by atoms with van der Waals surface area (Å²) >= 11 is 0. The van der Waals surface area contributed by atoms with Gasteiger partial charge in [-0.1, -0.05) is 6.08 Å². The van der Waals surface area contributed by atoms with E-state index in [2.05, 4.69) is 4.98 Å². The van der Waals surface area contributed by atoms with Gasteiger partial charge in [0.1, 0.15) is 28.5 Å². The summed E-state index contributed by atoms with van der Waals surface area (Å²) in [5, 5.41) is 0. The molecule has 3 heterocycles. The van der Waals surface area contributed by atoms with Gasteiger partial charge in [0.15, 0.2) is 11.7 Å². The number of carbonyl (C=O) groups excluding carboxylic acids is 1. The van der Waals surface area contributed by atoms with E-state index >= 15 is 0 Å². The fourth-order valence-electron chi connectivity index (χ4n) is 5.24. The van der Waals surface area contributed by atoms with Crippen LogP contribution in [0.1, 0.15) is 37.0 Å². The van der Waals surface area contributed by atoms with Gasteiger partial charge in [-0.3, -0.25) is 4.98 Å². The molecule has 0 fully saturated rings. The van der Waals surface area contributed by atoms with Crippen LogP contribution in [0.25, 0.3) is 16.7 Å². The van der Waals surface area contributed by atoms with E-state index in [1.807, 2.05) is 54.3 Å². The van der Waals surface area contributed by atoms with E-state index in [9.17, 15) is 4.79 Å². The van der Waals surface area contributed by atoms with Crippen molar-refractivity contribution < 1.29 is 37.6 Å². The Morgan fingerprint density at radius 2 is 1.57 bits per heavy atom. The summed E-state index contributed by atoms with van der Waals surface area (Å²) < 4.78 is 39.8. The Hall–Kier alpha value is -4.77. The number of anilines is 1. The summed E-state index contributed by atoms with van der Waals surface area (Å²) in [6, 6.07) is 11.7. The lowest BCUT2D eigenvalue weighted by atomic mass is 9.96. The number of methoxy groups -OCH3 is 4. The lowest BCUT2D eigenvalue weighted by Gasteiger charge is -2.26. The molecule has 1 aliphatic rings. The number of hydrogen-bond donors (Lipinski definition) is 0. The highest BCUT2D eigenvalue weighted by molar-refractivity contribution is 5.89. The Morgan fingerprint density at radius 3 is 2.14 bits per heavy atom. The third-order valence-electron chi connectivity index (χ3n) is 7.38. The van der Waals surface area contributed by atoms with Crippen LogP contribution in [0.2, 0.25) is 0 Å². The summed E-state index contributed by atoms with van der Waals surface area (Å²) in [6.07, 6.45) is 4.67. The molecule has 0 bridgehead atoms. The summed E-state index contributed by atoms with van der Waals surface area (Å²) in [5.74, 6) is 2.32. The van der Waals surface area contributed by atoms with Crippen LogP contribution in [0.5, 0.6) is 23.0 Å². The van der Waals surface area contributed by atoms with Crippen LogP contribution < -0.4 is 23.8 Å². The van der Waals surface area contributed by atoms with Gasteiger partial charge in [-0.15, -0.1) is 0 Å². The topological polar surface area (TPSA) is 115 Å². The highest BCUT2D eigenvalue weighted by Gasteiger charge is 2.30. The third kappa shape index (κ3) is 6.57. The summed E-state index contributed by atoms with van der Waals surface area (Å²) in [7, 11) is 6.48. The predicted molar refractivity (Wildman–Crippen MR) is 164 cm³/mol. The second-order valence-corrected chi connectivity index (χ2v) is 10.2. The summed E-state index contributed by atoms with van der Waals surface area (Å²) in [5.41, 5.74) is 4.57. The maximum absolute atomic E-state index is 12.5.